The summed E-state index contributed by atoms with van der Waals surface area (Å²) in [6, 6.07) is 22.0. The first kappa shape index (κ1) is 20.8. The van der Waals surface area contributed by atoms with Crippen LogP contribution in [-0.4, -0.2) is 35.4 Å². The summed E-state index contributed by atoms with van der Waals surface area (Å²) in [6.45, 7) is 3.93. The van der Waals surface area contributed by atoms with Gasteiger partial charge in [0.15, 0.2) is 0 Å². The molecule has 31 heavy (non-hydrogen) atoms. The van der Waals surface area contributed by atoms with E-state index in [0.717, 1.165) is 43.1 Å². The van der Waals surface area contributed by atoms with E-state index in [9.17, 15) is 4.79 Å². The van der Waals surface area contributed by atoms with Crippen molar-refractivity contribution in [2.24, 2.45) is 0 Å². The van der Waals surface area contributed by atoms with Gasteiger partial charge >= 0.3 is 0 Å². The summed E-state index contributed by atoms with van der Waals surface area (Å²) < 4.78 is 5.73. The minimum Gasteiger partial charge on any atom is -0.487 e. The number of benzene rings is 2. The van der Waals surface area contributed by atoms with Gasteiger partial charge in [0.25, 0.3) is 0 Å². The van der Waals surface area contributed by atoms with Gasteiger partial charge in [0.05, 0.1) is 5.69 Å². The highest BCUT2D eigenvalue weighted by Gasteiger charge is 2.14. The standard InChI is InChI=1S/C26H27N3O2/c30-26(28-16-18-29-17-14-22-5-1-2-6-23(22)19-29)13-10-21-8-11-25(12-9-21)31-20-24-7-3-4-15-27-24/h1-13,15H,14,16-20H2,(H,28,30)/b13-10+. The summed E-state index contributed by atoms with van der Waals surface area (Å²) in [7, 11) is 0. The number of nitrogens with zero attached hydrogens (tertiary/aromatic N) is 2. The van der Waals surface area contributed by atoms with Gasteiger partial charge in [-0.05, 0) is 53.5 Å². The van der Waals surface area contributed by atoms with Crippen LogP contribution in [0, 0.1) is 0 Å². The number of aromatic nitrogens is 1. The van der Waals surface area contributed by atoms with E-state index in [0.29, 0.717) is 13.2 Å². The maximum absolute atomic E-state index is 12.1. The van der Waals surface area contributed by atoms with E-state index in [1.807, 2.05) is 48.5 Å². The van der Waals surface area contributed by atoms with Gasteiger partial charge in [-0.1, -0.05) is 42.5 Å². The van der Waals surface area contributed by atoms with E-state index in [1.54, 1.807) is 12.3 Å². The minimum absolute atomic E-state index is 0.0760. The van der Waals surface area contributed by atoms with E-state index in [1.165, 1.54) is 11.1 Å². The second kappa shape index (κ2) is 10.5. The van der Waals surface area contributed by atoms with Crippen LogP contribution in [0.3, 0.4) is 0 Å². The largest absolute Gasteiger partial charge is 0.487 e. The first-order chi connectivity index (χ1) is 15.3. The molecule has 0 atom stereocenters. The van der Waals surface area contributed by atoms with Gasteiger partial charge in [-0.15, -0.1) is 0 Å². The van der Waals surface area contributed by atoms with Crippen molar-refractivity contribution in [3.8, 4) is 5.75 Å². The Morgan fingerprint density at radius 2 is 1.84 bits per heavy atom. The SMILES string of the molecule is O=C(/C=C/c1ccc(OCc2ccccn2)cc1)NCCN1CCc2ccccc2C1. The third-order valence-electron chi connectivity index (χ3n) is 5.36. The highest BCUT2D eigenvalue weighted by molar-refractivity contribution is 5.91. The van der Waals surface area contributed by atoms with Crippen LogP contribution in [0.4, 0.5) is 0 Å². The lowest BCUT2D eigenvalue weighted by molar-refractivity contribution is -0.116. The molecule has 0 saturated heterocycles. The van der Waals surface area contributed by atoms with Gasteiger partial charge in [0, 0.05) is 38.5 Å². The monoisotopic (exact) mass is 413 g/mol. The Morgan fingerprint density at radius 1 is 1.03 bits per heavy atom. The molecule has 0 bridgehead atoms. The average molecular weight is 414 g/mol. The number of rotatable bonds is 8. The van der Waals surface area contributed by atoms with Gasteiger partial charge in [0.1, 0.15) is 12.4 Å². The fourth-order valence-electron chi connectivity index (χ4n) is 3.63. The van der Waals surface area contributed by atoms with E-state index < -0.39 is 0 Å². The van der Waals surface area contributed by atoms with Gasteiger partial charge in [-0.2, -0.15) is 0 Å². The van der Waals surface area contributed by atoms with Crippen LogP contribution in [0.1, 0.15) is 22.4 Å². The number of fused-ring (bicyclic) bond motifs is 1. The topological polar surface area (TPSA) is 54.5 Å². The van der Waals surface area contributed by atoms with Crippen molar-refractivity contribution in [3.05, 3.63) is 101 Å². The van der Waals surface area contributed by atoms with E-state index in [-0.39, 0.29) is 5.91 Å². The lowest BCUT2D eigenvalue weighted by Crippen LogP contribution is -2.37. The summed E-state index contributed by atoms with van der Waals surface area (Å²) in [5.41, 5.74) is 4.68. The zero-order valence-corrected chi connectivity index (χ0v) is 17.5. The molecule has 1 aliphatic heterocycles. The number of carbonyl (C=O) groups is 1. The molecule has 3 aromatic rings. The van der Waals surface area contributed by atoms with Crippen LogP contribution < -0.4 is 10.1 Å². The Hall–Kier alpha value is -3.44. The van der Waals surface area contributed by atoms with E-state index >= 15 is 0 Å². The van der Waals surface area contributed by atoms with Crippen molar-refractivity contribution in [2.45, 2.75) is 19.6 Å². The first-order valence-corrected chi connectivity index (χ1v) is 10.6. The van der Waals surface area contributed by atoms with Gasteiger partial charge in [0.2, 0.25) is 5.91 Å². The van der Waals surface area contributed by atoms with Gasteiger partial charge in [-0.25, -0.2) is 0 Å². The number of hydrogen-bond donors (Lipinski definition) is 1. The predicted octanol–water partition coefficient (Wildman–Crippen LogP) is 3.85. The molecular formula is C26H27N3O2. The molecule has 2 aromatic carbocycles. The molecule has 0 spiro atoms. The summed E-state index contributed by atoms with van der Waals surface area (Å²) >= 11 is 0. The molecule has 0 aliphatic carbocycles. The Bertz CT molecular complexity index is 1020. The maximum atomic E-state index is 12.1. The van der Waals surface area contributed by atoms with Crippen LogP contribution in [0.25, 0.3) is 6.08 Å². The molecular weight excluding hydrogens is 386 g/mol. The third kappa shape index (κ3) is 6.27. The van der Waals surface area contributed by atoms with E-state index in [2.05, 4.69) is 39.5 Å². The number of hydrogen-bond acceptors (Lipinski definition) is 4. The van der Waals surface area contributed by atoms with Gasteiger partial charge < -0.3 is 10.1 Å². The molecule has 4 rings (SSSR count). The smallest absolute Gasteiger partial charge is 0.244 e. The van der Waals surface area contributed by atoms with Crippen molar-refractivity contribution >= 4 is 12.0 Å². The van der Waals surface area contributed by atoms with Crippen molar-refractivity contribution in [1.82, 2.24) is 15.2 Å². The molecule has 0 saturated carbocycles. The fourth-order valence-corrected chi connectivity index (χ4v) is 3.63. The van der Waals surface area contributed by atoms with Crippen molar-refractivity contribution < 1.29 is 9.53 Å². The van der Waals surface area contributed by atoms with Gasteiger partial charge in [-0.3, -0.25) is 14.7 Å². The molecule has 0 unspecified atom stereocenters. The maximum Gasteiger partial charge on any atom is 0.244 e. The van der Waals surface area contributed by atoms with Crippen LogP contribution in [-0.2, 0) is 24.4 Å². The highest BCUT2D eigenvalue weighted by Crippen LogP contribution is 2.18. The summed E-state index contributed by atoms with van der Waals surface area (Å²) in [5, 5.41) is 2.97. The Labute approximate surface area is 183 Å². The fraction of sp³-hybridized carbons (Fsp3) is 0.231. The van der Waals surface area contributed by atoms with Crippen molar-refractivity contribution in [1.29, 1.82) is 0 Å². The molecule has 5 heteroatoms. The molecule has 0 fully saturated rings. The minimum atomic E-state index is -0.0760. The quantitative estimate of drug-likeness (QED) is 0.570. The zero-order valence-electron chi connectivity index (χ0n) is 17.5. The molecule has 158 valence electrons. The molecule has 1 amide bonds. The van der Waals surface area contributed by atoms with E-state index in [4.69, 9.17) is 4.74 Å². The normalized spacial score (nSPS) is 13.7. The third-order valence-corrected chi connectivity index (χ3v) is 5.36. The zero-order chi connectivity index (χ0) is 21.3. The van der Waals surface area contributed by atoms with Crippen LogP contribution in [0.5, 0.6) is 5.75 Å². The molecule has 5 nitrogen and oxygen atoms in total. The summed E-state index contributed by atoms with van der Waals surface area (Å²) in [6.07, 6.45) is 6.22. The number of amides is 1. The predicted molar refractivity (Wildman–Crippen MR) is 122 cm³/mol. The summed E-state index contributed by atoms with van der Waals surface area (Å²) in [5.74, 6) is 0.697. The Morgan fingerprint density at radius 3 is 2.65 bits per heavy atom. The number of ether oxygens (including phenoxy) is 1. The molecule has 1 aromatic heterocycles. The molecule has 2 heterocycles. The Balaban J connectivity index is 1.18. The molecule has 1 N–H and O–H groups in total. The lowest BCUT2D eigenvalue weighted by atomic mass is 10.00. The molecule has 1 aliphatic rings. The Kier molecular flexibility index (Phi) is 7.08. The highest BCUT2D eigenvalue weighted by atomic mass is 16.5. The number of nitrogens with one attached hydrogen (secondary N) is 1. The van der Waals surface area contributed by atoms with Crippen LogP contribution in [0.15, 0.2) is 79.0 Å². The number of carbonyl (C=O) groups excluding carboxylic acids is 1. The molecule has 0 radical (unpaired) electrons. The van der Waals surface area contributed by atoms with Crippen molar-refractivity contribution in [2.75, 3.05) is 19.6 Å². The average Bonchev–Trinajstić information content (AvgIpc) is 2.83. The van der Waals surface area contributed by atoms with Crippen LogP contribution >= 0.6 is 0 Å². The van der Waals surface area contributed by atoms with Crippen molar-refractivity contribution in [3.63, 3.8) is 0 Å². The lowest BCUT2D eigenvalue weighted by Gasteiger charge is -2.28. The number of pyridine rings is 1. The summed E-state index contributed by atoms with van der Waals surface area (Å²) in [4.78, 5) is 18.8. The second-order valence-electron chi connectivity index (χ2n) is 7.60. The van der Waals surface area contributed by atoms with Crippen LogP contribution in [0.2, 0.25) is 0 Å². The first-order valence-electron chi connectivity index (χ1n) is 10.6. The second-order valence-corrected chi connectivity index (χ2v) is 7.60.